The molecule has 0 spiro atoms. The van der Waals surface area contributed by atoms with Crippen LogP contribution < -0.4 is 19.5 Å². The number of para-hydroxylation sites is 1. The van der Waals surface area contributed by atoms with E-state index in [4.69, 9.17) is 14.2 Å². The number of nitrogens with one attached hydrogen (secondary N) is 1. The van der Waals surface area contributed by atoms with E-state index in [1.54, 1.807) is 0 Å². The van der Waals surface area contributed by atoms with Crippen LogP contribution in [0.2, 0.25) is 0 Å². The maximum atomic E-state index is 6.19. The van der Waals surface area contributed by atoms with Crippen molar-refractivity contribution in [2.75, 3.05) is 18.4 Å². The van der Waals surface area contributed by atoms with Gasteiger partial charge in [-0.15, -0.1) is 10.2 Å². The molecule has 2 aliphatic rings. The van der Waals surface area contributed by atoms with Gasteiger partial charge in [0.05, 0.1) is 0 Å². The van der Waals surface area contributed by atoms with Gasteiger partial charge < -0.3 is 19.5 Å². The van der Waals surface area contributed by atoms with Gasteiger partial charge in [0.15, 0.2) is 23.4 Å². The van der Waals surface area contributed by atoms with Crippen molar-refractivity contribution >= 4 is 17.4 Å². The monoisotopic (exact) mass is 366 g/mol. The summed E-state index contributed by atoms with van der Waals surface area (Å²) in [6, 6.07) is 13.6. The molecule has 1 N–H and O–H groups in total. The van der Waals surface area contributed by atoms with Crippen LogP contribution >= 0.6 is 11.8 Å². The molecule has 2 aromatic carbocycles. The second-order valence-corrected chi connectivity index (χ2v) is 6.53. The van der Waals surface area contributed by atoms with E-state index >= 15 is 0 Å². The van der Waals surface area contributed by atoms with Gasteiger partial charge in [0.1, 0.15) is 0 Å². The molecule has 130 valence electrons. The van der Waals surface area contributed by atoms with Gasteiger partial charge in [0.25, 0.3) is 0 Å². The molecule has 0 aliphatic carbocycles. The second-order valence-electron chi connectivity index (χ2n) is 5.75. The zero-order valence-electron chi connectivity index (χ0n) is 13.8. The fourth-order valence-electron chi connectivity index (χ4n) is 2.96. The average Bonchev–Trinajstić information content (AvgIpc) is 3.09. The first-order valence-corrected chi connectivity index (χ1v) is 9.25. The van der Waals surface area contributed by atoms with Gasteiger partial charge in [-0.2, -0.15) is 4.98 Å². The number of thioether (sulfide) groups is 1. The van der Waals surface area contributed by atoms with Crippen molar-refractivity contribution in [3.63, 3.8) is 0 Å². The molecule has 0 amide bonds. The van der Waals surface area contributed by atoms with Gasteiger partial charge in [-0.25, -0.2) is 0 Å². The molecule has 0 fully saturated rings. The molecule has 8 heteroatoms. The molecule has 7 nitrogen and oxygen atoms in total. The number of ether oxygens (including phenoxy) is 3. The van der Waals surface area contributed by atoms with Gasteiger partial charge in [-0.3, -0.25) is 0 Å². The first-order valence-electron chi connectivity index (χ1n) is 8.02. The van der Waals surface area contributed by atoms with Crippen LogP contribution in [0.1, 0.15) is 11.8 Å². The van der Waals surface area contributed by atoms with Crippen molar-refractivity contribution < 1.29 is 14.2 Å². The molecule has 5 rings (SSSR count). The Hall–Kier alpha value is -3.00. The highest BCUT2D eigenvalue weighted by Gasteiger charge is 2.27. The second kappa shape index (κ2) is 6.06. The molecule has 0 bridgehead atoms. The molecule has 3 aromatic rings. The van der Waals surface area contributed by atoms with E-state index in [2.05, 4.69) is 20.5 Å². The normalized spacial score (nSPS) is 16.7. The van der Waals surface area contributed by atoms with E-state index in [0.717, 1.165) is 22.6 Å². The third kappa shape index (κ3) is 2.50. The van der Waals surface area contributed by atoms with Crippen molar-refractivity contribution in [2.45, 2.75) is 11.4 Å². The summed E-state index contributed by atoms with van der Waals surface area (Å²) in [5.74, 6) is 1.89. The summed E-state index contributed by atoms with van der Waals surface area (Å²) in [5, 5.41) is 12.5. The molecule has 1 atom stereocenters. The van der Waals surface area contributed by atoms with Crippen molar-refractivity contribution in [3.8, 4) is 28.6 Å². The fourth-order valence-corrected chi connectivity index (χ4v) is 3.26. The molecule has 0 saturated heterocycles. The first kappa shape index (κ1) is 15.3. The van der Waals surface area contributed by atoms with Crippen molar-refractivity contribution in [1.29, 1.82) is 0 Å². The Morgan fingerprint density at radius 2 is 1.96 bits per heavy atom. The van der Waals surface area contributed by atoms with E-state index in [-0.39, 0.29) is 6.79 Å². The molecule has 1 aromatic heterocycles. The Morgan fingerprint density at radius 3 is 2.88 bits per heavy atom. The van der Waals surface area contributed by atoms with E-state index < -0.39 is 6.23 Å². The molecule has 26 heavy (non-hydrogen) atoms. The lowest BCUT2D eigenvalue weighted by molar-refractivity contribution is 0.173. The predicted octanol–water partition coefficient (Wildman–Crippen LogP) is 3.49. The maximum Gasteiger partial charge on any atom is 0.247 e. The van der Waals surface area contributed by atoms with Crippen LogP contribution in [0.25, 0.3) is 11.3 Å². The molecule has 0 saturated carbocycles. The Balaban J connectivity index is 1.63. The molecular weight excluding hydrogens is 352 g/mol. The lowest BCUT2D eigenvalue weighted by Crippen LogP contribution is -2.17. The van der Waals surface area contributed by atoms with Gasteiger partial charge in [-0.1, -0.05) is 30.0 Å². The number of nitrogens with zero attached hydrogens (tertiary/aromatic N) is 3. The zero-order chi connectivity index (χ0) is 17.5. The molecule has 2 aliphatic heterocycles. The first-order chi connectivity index (χ1) is 12.8. The summed E-state index contributed by atoms with van der Waals surface area (Å²) in [7, 11) is 0. The van der Waals surface area contributed by atoms with E-state index in [1.807, 2.05) is 48.7 Å². The highest BCUT2D eigenvalue weighted by molar-refractivity contribution is 7.98. The Morgan fingerprint density at radius 1 is 1.08 bits per heavy atom. The summed E-state index contributed by atoms with van der Waals surface area (Å²) >= 11 is 1.42. The summed E-state index contributed by atoms with van der Waals surface area (Å²) in [6.07, 6.45) is 1.46. The van der Waals surface area contributed by atoms with Gasteiger partial charge in [-0.05, 0) is 30.5 Å². The van der Waals surface area contributed by atoms with Crippen LogP contribution in [-0.4, -0.2) is 28.2 Å². The van der Waals surface area contributed by atoms with Crippen LogP contribution in [-0.2, 0) is 0 Å². The lowest BCUT2D eigenvalue weighted by Gasteiger charge is -2.19. The number of fused-ring (bicyclic) bond motifs is 4. The predicted molar refractivity (Wildman–Crippen MR) is 96.6 cm³/mol. The highest BCUT2D eigenvalue weighted by atomic mass is 32.2. The third-order valence-corrected chi connectivity index (χ3v) is 4.75. The zero-order valence-corrected chi connectivity index (χ0v) is 14.6. The van der Waals surface area contributed by atoms with Crippen molar-refractivity contribution in [2.24, 2.45) is 0 Å². The largest absolute Gasteiger partial charge is 0.454 e. The van der Waals surface area contributed by atoms with Crippen LogP contribution in [0.3, 0.4) is 0 Å². The van der Waals surface area contributed by atoms with Crippen molar-refractivity contribution in [1.82, 2.24) is 15.2 Å². The van der Waals surface area contributed by atoms with E-state index in [9.17, 15) is 0 Å². The molecular formula is C18H14N4O3S. The maximum absolute atomic E-state index is 6.19. The smallest absolute Gasteiger partial charge is 0.247 e. The summed E-state index contributed by atoms with van der Waals surface area (Å²) < 4.78 is 17.1. The number of hydrogen-bond donors (Lipinski definition) is 1. The molecule has 1 unspecified atom stereocenters. The Labute approximate surface area is 153 Å². The number of aromatic nitrogens is 3. The quantitative estimate of drug-likeness (QED) is 0.691. The van der Waals surface area contributed by atoms with E-state index in [0.29, 0.717) is 22.5 Å². The van der Waals surface area contributed by atoms with Crippen LogP contribution in [0.4, 0.5) is 5.69 Å². The topological polar surface area (TPSA) is 78.4 Å². The minimum Gasteiger partial charge on any atom is -0.454 e. The average molecular weight is 366 g/mol. The fraction of sp³-hybridized carbons (Fsp3) is 0.167. The third-order valence-electron chi connectivity index (χ3n) is 4.22. The number of anilines is 1. The summed E-state index contributed by atoms with van der Waals surface area (Å²) in [5.41, 5.74) is 3.33. The molecule has 3 heterocycles. The number of rotatable bonds is 2. The van der Waals surface area contributed by atoms with Crippen LogP contribution in [0.5, 0.6) is 17.4 Å². The number of benzene rings is 2. The highest BCUT2D eigenvalue weighted by Crippen LogP contribution is 2.41. The van der Waals surface area contributed by atoms with Gasteiger partial charge >= 0.3 is 0 Å². The standard InChI is InChI=1S/C18H14N4O3S/c1-26-18-20-17-15(21-22-18)11-4-2-3-5-12(11)19-16(25-17)10-6-7-13-14(8-10)24-9-23-13/h2-8,16,19H,9H2,1H3. The van der Waals surface area contributed by atoms with Crippen LogP contribution in [0, 0.1) is 0 Å². The SMILES string of the molecule is CSc1nnc2c(n1)OC(c1ccc3c(c1)OCO3)Nc1ccccc1-2. The minimum atomic E-state index is -0.446. The summed E-state index contributed by atoms with van der Waals surface area (Å²) in [4.78, 5) is 4.51. The lowest BCUT2D eigenvalue weighted by atomic mass is 10.1. The van der Waals surface area contributed by atoms with Gasteiger partial charge in [0.2, 0.25) is 17.8 Å². The van der Waals surface area contributed by atoms with Crippen LogP contribution in [0.15, 0.2) is 47.6 Å². The van der Waals surface area contributed by atoms with Gasteiger partial charge in [0, 0.05) is 16.8 Å². The molecule has 0 radical (unpaired) electrons. The Bertz CT molecular complexity index is 998. The van der Waals surface area contributed by atoms with E-state index in [1.165, 1.54) is 11.8 Å². The number of hydrogen-bond acceptors (Lipinski definition) is 8. The minimum absolute atomic E-state index is 0.234. The summed E-state index contributed by atoms with van der Waals surface area (Å²) in [6.45, 7) is 0.234. The Kier molecular flexibility index (Phi) is 3.56. The van der Waals surface area contributed by atoms with Crippen molar-refractivity contribution in [3.05, 3.63) is 48.0 Å².